The van der Waals surface area contributed by atoms with Crippen LogP contribution in [-0.4, -0.2) is 23.2 Å². The van der Waals surface area contributed by atoms with Gasteiger partial charge in [-0.1, -0.05) is 0 Å². The van der Waals surface area contributed by atoms with Crippen LogP contribution >= 0.6 is 0 Å². The van der Waals surface area contributed by atoms with Crippen LogP contribution in [0.3, 0.4) is 0 Å². The maximum absolute atomic E-state index is 12.9. The number of ether oxygens (including phenoxy) is 2. The first-order chi connectivity index (χ1) is 16.6. The number of hydrogen-bond acceptors (Lipinski definition) is 8. The molecule has 2 aromatic carbocycles. The first kappa shape index (κ1) is 25.1. The molecule has 3 aromatic rings. The van der Waals surface area contributed by atoms with Gasteiger partial charge in [-0.2, -0.15) is 23.5 Å². The third-order valence-corrected chi connectivity index (χ3v) is 4.62. The molecule has 1 N–H and O–H groups in total. The molecule has 0 atom stereocenters. The number of benzene rings is 2. The van der Waals surface area contributed by atoms with E-state index in [1.54, 1.807) is 25.1 Å². The maximum atomic E-state index is 12.9. The van der Waals surface area contributed by atoms with Gasteiger partial charge < -0.3 is 9.47 Å². The van der Waals surface area contributed by atoms with Crippen molar-refractivity contribution in [2.75, 3.05) is 12.5 Å². The third-order valence-electron chi connectivity index (χ3n) is 4.62. The Kier molecular flexibility index (Phi) is 7.62. The number of anilines is 1. The van der Waals surface area contributed by atoms with Gasteiger partial charge in [0.15, 0.2) is 5.82 Å². The molecule has 0 fully saturated rings. The Balaban J connectivity index is 1.74. The monoisotopic (exact) mass is 485 g/mol. The molecule has 0 aliphatic carbocycles. The van der Waals surface area contributed by atoms with Crippen molar-refractivity contribution in [3.8, 4) is 17.6 Å². The Labute approximate surface area is 197 Å². The van der Waals surface area contributed by atoms with Gasteiger partial charge in [0.2, 0.25) is 5.75 Å². The highest BCUT2D eigenvalue weighted by Crippen LogP contribution is 2.37. The quantitative estimate of drug-likeness (QED) is 0.251. The summed E-state index contributed by atoms with van der Waals surface area (Å²) in [5.74, 6) is 0.118. The van der Waals surface area contributed by atoms with Gasteiger partial charge in [0, 0.05) is 24.4 Å². The molecule has 0 radical (unpaired) electrons. The number of hydrogen-bond donors (Lipinski definition) is 1. The summed E-state index contributed by atoms with van der Waals surface area (Å²) in [4.78, 5) is 14.5. The van der Waals surface area contributed by atoms with Crippen molar-refractivity contribution in [2.24, 2.45) is 5.10 Å². The molecule has 0 amide bonds. The Morgan fingerprint density at radius 3 is 2.54 bits per heavy atom. The zero-order chi connectivity index (χ0) is 25.6. The van der Waals surface area contributed by atoms with E-state index in [0.29, 0.717) is 34.5 Å². The molecule has 35 heavy (non-hydrogen) atoms. The largest absolute Gasteiger partial charge is 0.450 e. The summed E-state index contributed by atoms with van der Waals surface area (Å²) >= 11 is 0. The molecule has 0 aliphatic heterocycles. The van der Waals surface area contributed by atoms with E-state index in [1.165, 1.54) is 25.5 Å². The summed E-state index contributed by atoms with van der Waals surface area (Å²) in [6.45, 7) is 2.01. The Morgan fingerprint density at radius 1 is 1.23 bits per heavy atom. The fourth-order valence-electron chi connectivity index (χ4n) is 3.06. The minimum Gasteiger partial charge on any atom is -0.450 e. The number of nitro benzene ring substituents is 1. The number of aromatic nitrogens is 1. The number of nitriles is 1. The highest BCUT2D eigenvalue weighted by atomic mass is 19.4. The van der Waals surface area contributed by atoms with Gasteiger partial charge in [-0.15, -0.1) is 0 Å². The van der Waals surface area contributed by atoms with Crippen LogP contribution in [0.5, 0.6) is 11.5 Å². The van der Waals surface area contributed by atoms with Gasteiger partial charge in [-0.05, 0) is 55.0 Å². The smallest absolute Gasteiger partial charge is 0.416 e. The van der Waals surface area contributed by atoms with E-state index in [-0.39, 0.29) is 23.9 Å². The molecule has 0 spiro atoms. The van der Waals surface area contributed by atoms with Crippen LogP contribution in [0.25, 0.3) is 0 Å². The SMILES string of the molecule is COCc1cc(C)nc(NN=Cc2ccc(Oc3ccc(C(F)(F)F)cc3[N+](=O)[O-])cc2)c1C#N. The predicted molar refractivity (Wildman–Crippen MR) is 120 cm³/mol. The number of halogens is 3. The fourth-order valence-corrected chi connectivity index (χ4v) is 3.06. The van der Waals surface area contributed by atoms with E-state index in [2.05, 4.69) is 21.6 Å². The molecule has 0 aliphatic rings. The van der Waals surface area contributed by atoms with E-state index in [0.717, 1.165) is 6.07 Å². The van der Waals surface area contributed by atoms with Crippen LogP contribution in [-0.2, 0) is 17.5 Å². The van der Waals surface area contributed by atoms with Crippen molar-refractivity contribution in [2.45, 2.75) is 19.7 Å². The van der Waals surface area contributed by atoms with Crippen LogP contribution < -0.4 is 10.2 Å². The zero-order valence-corrected chi connectivity index (χ0v) is 18.5. The summed E-state index contributed by atoms with van der Waals surface area (Å²) in [5.41, 5.74) is 3.02. The van der Waals surface area contributed by atoms with Gasteiger partial charge in [0.25, 0.3) is 0 Å². The topological polar surface area (TPSA) is 123 Å². The Hall–Kier alpha value is -4.50. The molecule has 180 valence electrons. The lowest BCUT2D eigenvalue weighted by Crippen LogP contribution is -2.06. The molecule has 0 bridgehead atoms. The number of hydrazone groups is 1. The van der Waals surface area contributed by atoms with E-state index >= 15 is 0 Å². The molecule has 1 aromatic heterocycles. The molecule has 9 nitrogen and oxygen atoms in total. The molecule has 3 rings (SSSR count). The fraction of sp³-hybridized carbons (Fsp3) is 0.174. The van der Waals surface area contributed by atoms with Crippen molar-refractivity contribution >= 4 is 17.7 Å². The lowest BCUT2D eigenvalue weighted by Gasteiger charge is -2.10. The lowest BCUT2D eigenvalue weighted by molar-refractivity contribution is -0.385. The van der Waals surface area contributed by atoms with Crippen molar-refractivity contribution in [3.05, 3.63) is 86.6 Å². The van der Waals surface area contributed by atoms with Gasteiger partial charge in [-0.3, -0.25) is 15.5 Å². The second kappa shape index (κ2) is 10.6. The zero-order valence-electron chi connectivity index (χ0n) is 18.5. The number of aryl methyl sites for hydroxylation is 1. The Morgan fingerprint density at radius 2 is 1.94 bits per heavy atom. The molecular formula is C23H18F3N5O4. The van der Waals surface area contributed by atoms with Crippen LogP contribution in [0.4, 0.5) is 24.7 Å². The van der Waals surface area contributed by atoms with Crippen molar-refractivity contribution in [3.63, 3.8) is 0 Å². The molecule has 0 unspecified atom stereocenters. The minimum absolute atomic E-state index is 0.175. The number of nitrogens with one attached hydrogen (secondary N) is 1. The second-order valence-electron chi connectivity index (χ2n) is 7.17. The van der Waals surface area contributed by atoms with Crippen LogP contribution in [0.2, 0.25) is 0 Å². The first-order valence-corrected chi connectivity index (χ1v) is 9.94. The molecule has 1 heterocycles. The van der Waals surface area contributed by atoms with Gasteiger partial charge in [-0.25, -0.2) is 4.98 Å². The van der Waals surface area contributed by atoms with E-state index in [9.17, 15) is 28.5 Å². The van der Waals surface area contributed by atoms with E-state index < -0.39 is 22.4 Å². The van der Waals surface area contributed by atoms with Crippen LogP contribution in [0.15, 0.2) is 53.6 Å². The summed E-state index contributed by atoms with van der Waals surface area (Å²) in [6, 6.07) is 12.0. The van der Waals surface area contributed by atoms with Crippen molar-refractivity contribution in [1.82, 2.24) is 4.98 Å². The standard InChI is InChI=1S/C23H18F3N5O4/c1-14-9-16(13-34-2)19(11-27)22(29-14)30-28-12-15-3-6-18(7-4-15)35-21-8-5-17(23(24,25)26)10-20(21)31(32)33/h3-10,12H,13H2,1-2H3,(H,29,30). The number of alkyl halides is 3. The number of nitro groups is 1. The van der Waals surface area contributed by atoms with Crippen molar-refractivity contribution in [1.29, 1.82) is 5.26 Å². The normalized spacial score (nSPS) is 11.3. The molecular weight excluding hydrogens is 467 g/mol. The summed E-state index contributed by atoms with van der Waals surface area (Å²) in [5, 5.41) is 24.7. The second-order valence-corrected chi connectivity index (χ2v) is 7.17. The first-order valence-electron chi connectivity index (χ1n) is 9.94. The third kappa shape index (κ3) is 6.30. The summed E-state index contributed by atoms with van der Waals surface area (Å²) in [7, 11) is 1.52. The maximum Gasteiger partial charge on any atom is 0.416 e. The number of pyridine rings is 1. The highest BCUT2D eigenvalue weighted by Gasteiger charge is 2.33. The summed E-state index contributed by atoms with van der Waals surface area (Å²) in [6.07, 6.45) is -3.27. The average Bonchev–Trinajstić information content (AvgIpc) is 2.80. The van der Waals surface area contributed by atoms with Crippen molar-refractivity contribution < 1.29 is 27.6 Å². The average molecular weight is 485 g/mol. The summed E-state index contributed by atoms with van der Waals surface area (Å²) < 4.78 is 49.1. The predicted octanol–water partition coefficient (Wildman–Crippen LogP) is 5.57. The van der Waals surface area contributed by atoms with Gasteiger partial charge >= 0.3 is 11.9 Å². The Bertz CT molecular complexity index is 1300. The minimum atomic E-state index is -4.72. The number of rotatable bonds is 8. The molecule has 12 heteroatoms. The molecule has 0 saturated heterocycles. The van der Waals surface area contributed by atoms with Gasteiger partial charge in [0.05, 0.1) is 23.3 Å². The highest BCUT2D eigenvalue weighted by molar-refractivity contribution is 5.80. The number of methoxy groups -OCH3 is 1. The van der Waals surface area contributed by atoms with E-state index in [1.807, 2.05) is 0 Å². The van der Waals surface area contributed by atoms with Crippen LogP contribution in [0, 0.1) is 28.4 Å². The van der Waals surface area contributed by atoms with E-state index in [4.69, 9.17) is 9.47 Å². The number of nitrogens with zero attached hydrogens (tertiary/aromatic N) is 4. The van der Waals surface area contributed by atoms with Crippen LogP contribution in [0.1, 0.15) is 27.9 Å². The molecule has 0 saturated carbocycles. The van der Waals surface area contributed by atoms with Gasteiger partial charge in [0.1, 0.15) is 17.4 Å². The lowest BCUT2D eigenvalue weighted by atomic mass is 10.1.